The molecule has 2 aromatic rings. The second kappa shape index (κ2) is 7.30. The maximum absolute atomic E-state index is 6.22. The molecule has 1 unspecified atom stereocenters. The molecule has 0 amide bonds. The summed E-state index contributed by atoms with van der Waals surface area (Å²) >= 11 is 14.2. The van der Waals surface area contributed by atoms with E-state index in [1.807, 2.05) is 36.6 Å². The number of hydrogen-bond donors (Lipinski definition) is 1. The standard InChI is InChI=1S/C15H17Cl2NS/c1-18-11(7-8-12-4-3-9-19-12)10-13-14(16)5-2-6-15(13)17/h2-6,9,11,18H,7-8,10H2,1H3. The highest BCUT2D eigenvalue weighted by Gasteiger charge is 2.13. The number of likely N-dealkylation sites (N-methyl/N-ethyl adjacent to an activating group) is 1. The van der Waals surface area contributed by atoms with Crippen molar-refractivity contribution in [3.05, 3.63) is 56.2 Å². The van der Waals surface area contributed by atoms with Crippen LogP contribution in [0.3, 0.4) is 0 Å². The topological polar surface area (TPSA) is 12.0 Å². The number of aryl methyl sites for hydroxylation is 1. The summed E-state index contributed by atoms with van der Waals surface area (Å²) in [4.78, 5) is 1.42. The monoisotopic (exact) mass is 313 g/mol. The Morgan fingerprint density at radius 3 is 2.47 bits per heavy atom. The molecule has 1 atom stereocenters. The normalized spacial score (nSPS) is 12.6. The van der Waals surface area contributed by atoms with E-state index in [4.69, 9.17) is 23.2 Å². The highest BCUT2D eigenvalue weighted by atomic mass is 35.5. The average molecular weight is 314 g/mol. The molecule has 1 N–H and O–H groups in total. The molecule has 0 bridgehead atoms. The van der Waals surface area contributed by atoms with Gasteiger partial charge in [0.15, 0.2) is 0 Å². The van der Waals surface area contributed by atoms with Crippen molar-refractivity contribution in [3.63, 3.8) is 0 Å². The zero-order chi connectivity index (χ0) is 13.7. The van der Waals surface area contributed by atoms with Gasteiger partial charge in [0.05, 0.1) is 0 Å². The first-order valence-corrected chi connectivity index (χ1v) is 7.97. The molecular weight excluding hydrogens is 297 g/mol. The van der Waals surface area contributed by atoms with Gasteiger partial charge in [-0.2, -0.15) is 0 Å². The van der Waals surface area contributed by atoms with Crippen LogP contribution in [-0.2, 0) is 12.8 Å². The zero-order valence-electron chi connectivity index (χ0n) is 10.8. The summed E-state index contributed by atoms with van der Waals surface area (Å²) in [6.07, 6.45) is 3.03. The summed E-state index contributed by atoms with van der Waals surface area (Å²) in [7, 11) is 1.99. The predicted molar refractivity (Wildman–Crippen MR) is 85.7 cm³/mol. The molecule has 0 saturated carbocycles. The molecule has 2 rings (SSSR count). The van der Waals surface area contributed by atoms with Crippen molar-refractivity contribution in [2.45, 2.75) is 25.3 Å². The molecule has 0 spiro atoms. The molecule has 19 heavy (non-hydrogen) atoms. The third kappa shape index (κ3) is 4.22. The van der Waals surface area contributed by atoms with Gasteiger partial charge >= 0.3 is 0 Å². The van der Waals surface area contributed by atoms with E-state index in [9.17, 15) is 0 Å². The molecule has 4 heteroatoms. The Balaban J connectivity index is 1.98. The Morgan fingerprint density at radius 1 is 1.16 bits per heavy atom. The van der Waals surface area contributed by atoms with E-state index in [1.165, 1.54) is 4.88 Å². The van der Waals surface area contributed by atoms with Crippen LogP contribution in [0, 0.1) is 0 Å². The maximum Gasteiger partial charge on any atom is 0.0453 e. The van der Waals surface area contributed by atoms with E-state index in [-0.39, 0.29) is 0 Å². The van der Waals surface area contributed by atoms with Crippen LogP contribution in [0.25, 0.3) is 0 Å². The summed E-state index contributed by atoms with van der Waals surface area (Å²) in [6, 6.07) is 10.3. The molecule has 0 radical (unpaired) electrons. The molecule has 0 aliphatic carbocycles. The number of thiophene rings is 1. The Morgan fingerprint density at radius 2 is 1.89 bits per heavy atom. The van der Waals surface area contributed by atoms with Crippen molar-refractivity contribution in [1.82, 2.24) is 5.32 Å². The van der Waals surface area contributed by atoms with Crippen molar-refractivity contribution in [1.29, 1.82) is 0 Å². The second-order valence-corrected chi connectivity index (χ2v) is 6.35. The van der Waals surface area contributed by atoms with Crippen molar-refractivity contribution < 1.29 is 0 Å². The van der Waals surface area contributed by atoms with Crippen LogP contribution in [0.2, 0.25) is 10.0 Å². The molecule has 1 aromatic heterocycles. The number of hydrogen-bond acceptors (Lipinski definition) is 2. The first-order chi connectivity index (χ1) is 9.20. The predicted octanol–water partition coefficient (Wildman–Crippen LogP) is 4.82. The maximum atomic E-state index is 6.22. The SMILES string of the molecule is CNC(CCc1cccs1)Cc1c(Cl)cccc1Cl. The third-order valence-corrected chi connectivity index (χ3v) is 4.88. The first-order valence-electron chi connectivity index (χ1n) is 6.33. The summed E-state index contributed by atoms with van der Waals surface area (Å²) in [5, 5.41) is 6.98. The Bertz CT molecular complexity index is 491. The van der Waals surface area contributed by atoms with E-state index in [0.29, 0.717) is 6.04 Å². The third-order valence-electron chi connectivity index (χ3n) is 3.24. The minimum absolute atomic E-state index is 0.388. The molecule has 102 valence electrons. The lowest BCUT2D eigenvalue weighted by atomic mass is 10.0. The zero-order valence-corrected chi connectivity index (χ0v) is 13.2. The van der Waals surface area contributed by atoms with Crippen molar-refractivity contribution in [2.75, 3.05) is 7.05 Å². The van der Waals surface area contributed by atoms with Crippen LogP contribution >= 0.6 is 34.5 Å². The summed E-state index contributed by atoms with van der Waals surface area (Å²) < 4.78 is 0. The van der Waals surface area contributed by atoms with Gasteiger partial charge in [-0.15, -0.1) is 11.3 Å². The summed E-state index contributed by atoms with van der Waals surface area (Å²) in [5.41, 5.74) is 1.04. The smallest absolute Gasteiger partial charge is 0.0453 e. The molecule has 0 fully saturated rings. The van der Waals surface area contributed by atoms with E-state index >= 15 is 0 Å². The molecule has 0 aliphatic heterocycles. The largest absolute Gasteiger partial charge is 0.317 e. The fraction of sp³-hybridized carbons (Fsp3) is 0.333. The molecule has 1 nitrogen and oxygen atoms in total. The van der Waals surface area contributed by atoms with Gasteiger partial charge in [-0.25, -0.2) is 0 Å². The summed E-state index contributed by atoms with van der Waals surface area (Å²) in [5.74, 6) is 0. The van der Waals surface area contributed by atoms with Gasteiger partial charge in [0.1, 0.15) is 0 Å². The Labute approximate surface area is 128 Å². The lowest BCUT2D eigenvalue weighted by molar-refractivity contribution is 0.522. The average Bonchev–Trinajstić information content (AvgIpc) is 2.91. The van der Waals surface area contributed by atoms with E-state index in [2.05, 4.69) is 22.8 Å². The number of rotatable bonds is 6. The van der Waals surface area contributed by atoms with Gasteiger partial charge in [0, 0.05) is 21.0 Å². The molecule has 0 aliphatic rings. The number of nitrogens with one attached hydrogen (secondary N) is 1. The van der Waals surface area contributed by atoms with Crippen LogP contribution in [0.5, 0.6) is 0 Å². The van der Waals surface area contributed by atoms with Gasteiger partial charge < -0.3 is 5.32 Å². The van der Waals surface area contributed by atoms with Crippen LogP contribution in [0.4, 0.5) is 0 Å². The number of benzene rings is 1. The van der Waals surface area contributed by atoms with Crippen LogP contribution in [0.15, 0.2) is 35.7 Å². The van der Waals surface area contributed by atoms with E-state index < -0.39 is 0 Å². The Kier molecular flexibility index (Phi) is 5.71. The van der Waals surface area contributed by atoms with E-state index in [0.717, 1.165) is 34.9 Å². The summed E-state index contributed by atoms with van der Waals surface area (Å²) in [6.45, 7) is 0. The van der Waals surface area contributed by atoms with Gasteiger partial charge in [-0.1, -0.05) is 35.3 Å². The van der Waals surface area contributed by atoms with Crippen LogP contribution < -0.4 is 5.32 Å². The fourth-order valence-corrected chi connectivity index (χ4v) is 3.37. The second-order valence-electron chi connectivity index (χ2n) is 4.51. The van der Waals surface area contributed by atoms with Gasteiger partial charge in [0.25, 0.3) is 0 Å². The van der Waals surface area contributed by atoms with E-state index in [1.54, 1.807) is 0 Å². The van der Waals surface area contributed by atoms with Crippen molar-refractivity contribution >= 4 is 34.5 Å². The Hall–Kier alpha value is -0.540. The molecule has 1 aromatic carbocycles. The molecule has 0 saturated heterocycles. The first kappa shape index (κ1) is 14.9. The molecule has 1 heterocycles. The number of halogens is 2. The highest BCUT2D eigenvalue weighted by Crippen LogP contribution is 2.26. The minimum atomic E-state index is 0.388. The lowest BCUT2D eigenvalue weighted by Gasteiger charge is -2.17. The fourth-order valence-electron chi connectivity index (χ4n) is 2.09. The van der Waals surface area contributed by atoms with Gasteiger partial charge in [-0.05, 0) is 55.5 Å². The van der Waals surface area contributed by atoms with Gasteiger partial charge in [0.2, 0.25) is 0 Å². The van der Waals surface area contributed by atoms with Crippen molar-refractivity contribution in [3.8, 4) is 0 Å². The van der Waals surface area contributed by atoms with Gasteiger partial charge in [-0.3, -0.25) is 0 Å². The van der Waals surface area contributed by atoms with Crippen LogP contribution in [0.1, 0.15) is 16.9 Å². The quantitative estimate of drug-likeness (QED) is 0.806. The lowest BCUT2D eigenvalue weighted by Crippen LogP contribution is -2.28. The van der Waals surface area contributed by atoms with Crippen LogP contribution in [-0.4, -0.2) is 13.1 Å². The minimum Gasteiger partial charge on any atom is -0.317 e. The molecular formula is C15H17Cl2NS. The van der Waals surface area contributed by atoms with Crippen molar-refractivity contribution in [2.24, 2.45) is 0 Å². The highest BCUT2D eigenvalue weighted by molar-refractivity contribution is 7.09.